The van der Waals surface area contributed by atoms with Gasteiger partial charge in [0.15, 0.2) is 5.78 Å². The van der Waals surface area contributed by atoms with Crippen LogP contribution in [0, 0.1) is 16.7 Å². The molecule has 0 radical (unpaired) electrons. The molecule has 2 unspecified atom stereocenters. The summed E-state index contributed by atoms with van der Waals surface area (Å²) in [5.74, 6) is -1.31. The summed E-state index contributed by atoms with van der Waals surface area (Å²) in [7, 11) is 0. The van der Waals surface area contributed by atoms with Crippen LogP contribution in [-0.4, -0.2) is 23.1 Å². The Morgan fingerprint density at radius 3 is 1.89 bits per heavy atom. The molecule has 0 bridgehead atoms. The van der Waals surface area contributed by atoms with E-state index < -0.39 is 22.3 Å². The summed E-state index contributed by atoms with van der Waals surface area (Å²) in [6.45, 7) is 8.84. The number of carbonyl (C=O) groups is 3. The topological polar surface area (TPSA) is 60.4 Å². The Bertz CT molecular complexity index is 447. The molecule has 2 atom stereocenters. The molecule has 2 aliphatic rings. The van der Waals surface area contributed by atoms with Crippen molar-refractivity contribution in [1.82, 2.24) is 0 Å². The smallest absolute Gasteiger partial charge is 0.312 e. The van der Waals surface area contributed by atoms with Crippen LogP contribution < -0.4 is 0 Å². The van der Waals surface area contributed by atoms with Gasteiger partial charge in [0, 0.05) is 18.3 Å². The highest BCUT2D eigenvalue weighted by Crippen LogP contribution is 2.49. The van der Waals surface area contributed by atoms with E-state index in [0.717, 1.165) is 0 Å². The number of esters is 1. The lowest BCUT2D eigenvalue weighted by molar-refractivity contribution is -0.158. The van der Waals surface area contributed by atoms with Crippen LogP contribution in [-0.2, 0) is 19.1 Å². The zero-order chi connectivity index (χ0) is 13.9. The van der Waals surface area contributed by atoms with Gasteiger partial charge in [0.1, 0.15) is 17.3 Å². The van der Waals surface area contributed by atoms with Gasteiger partial charge in [0.05, 0.1) is 5.41 Å². The number of hydrogen-bond acceptors (Lipinski definition) is 4. The van der Waals surface area contributed by atoms with Gasteiger partial charge < -0.3 is 4.74 Å². The van der Waals surface area contributed by atoms with Crippen molar-refractivity contribution in [2.45, 2.75) is 53.1 Å². The van der Waals surface area contributed by atoms with Crippen molar-refractivity contribution in [3.8, 4) is 0 Å². The van der Waals surface area contributed by atoms with Crippen molar-refractivity contribution in [3.05, 3.63) is 0 Å². The minimum atomic E-state index is -0.970. The van der Waals surface area contributed by atoms with E-state index in [1.807, 2.05) is 0 Å². The average Bonchev–Trinajstić information content (AvgIpc) is 2.45. The molecule has 2 rings (SSSR count). The van der Waals surface area contributed by atoms with Gasteiger partial charge in [-0.2, -0.15) is 0 Å². The predicted octanol–water partition coefficient (Wildman–Crippen LogP) is 1.90. The Balaban J connectivity index is 2.36. The first-order chi connectivity index (χ1) is 8.00. The second-order valence-corrected chi connectivity index (χ2v) is 7.09. The van der Waals surface area contributed by atoms with E-state index in [4.69, 9.17) is 4.74 Å². The predicted molar refractivity (Wildman–Crippen MR) is 64.8 cm³/mol. The molecule has 4 heteroatoms. The third-order valence-electron chi connectivity index (χ3n) is 4.15. The summed E-state index contributed by atoms with van der Waals surface area (Å²) in [5, 5.41) is 0. The highest BCUT2D eigenvalue weighted by atomic mass is 16.6. The molecule has 0 aromatic carbocycles. The lowest BCUT2D eigenvalue weighted by Gasteiger charge is -2.29. The molecular weight excluding hydrogens is 232 g/mol. The summed E-state index contributed by atoms with van der Waals surface area (Å²) >= 11 is 0. The van der Waals surface area contributed by atoms with Crippen LogP contribution in [0.5, 0.6) is 0 Å². The highest BCUT2D eigenvalue weighted by Gasteiger charge is 2.61. The van der Waals surface area contributed by atoms with Gasteiger partial charge in [-0.05, 0) is 20.8 Å². The van der Waals surface area contributed by atoms with E-state index in [1.165, 1.54) is 0 Å². The zero-order valence-corrected chi connectivity index (χ0v) is 11.6. The molecule has 18 heavy (non-hydrogen) atoms. The molecule has 1 saturated heterocycles. The average molecular weight is 252 g/mol. The van der Waals surface area contributed by atoms with Gasteiger partial charge in [-0.3, -0.25) is 14.4 Å². The standard InChI is InChI=1S/C14H20O4/c1-12(2)6-8(15)9(10(12)16)14(5)7-13(3,4)11(17)18-14/h9H,6-7H2,1-5H3. The van der Waals surface area contributed by atoms with Gasteiger partial charge in [-0.15, -0.1) is 0 Å². The minimum Gasteiger partial charge on any atom is -0.458 e. The van der Waals surface area contributed by atoms with Gasteiger partial charge in [-0.25, -0.2) is 0 Å². The maximum Gasteiger partial charge on any atom is 0.312 e. The fourth-order valence-electron chi connectivity index (χ4n) is 3.28. The van der Waals surface area contributed by atoms with Crippen LogP contribution in [0.1, 0.15) is 47.5 Å². The maximum atomic E-state index is 12.3. The third-order valence-corrected chi connectivity index (χ3v) is 4.15. The second kappa shape index (κ2) is 3.43. The number of ether oxygens (including phenoxy) is 1. The Morgan fingerprint density at radius 2 is 1.56 bits per heavy atom. The first-order valence-corrected chi connectivity index (χ1v) is 6.30. The SMILES string of the molecule is CC1(C)CC(C)(C2C(=O)CC(C)(C)C2=O)OC1=O. The monoisotopic (exact) mass is 252 g/mol. The quantitative estimate of drug-likeness (QED) is 0.528. The van der Waals surface area contributed by atoms with Crippen LogP contribution >= 0.6 is 0 Å². The van der Waals surface area contributed by atoms with Gasteiger partial charge >= 0.3 is 5.97 Å². The Morgan fingerprint density at radius 1 is 1.00 bits per heavy atom. The fourth-order valence-corrected chi connectivity index (χ4v) is 3.28. The first kappa shape index (κ1) is 13.2. The maximum absolute atomic E-state index is 12.3. The van der Waals surface area contributed by atoms with Crippen molar-refractivity contribution < 1.29 is 19.1 Å². The Hall–Kier alpha value is -1.19. The number of Topliss-reactive ketones (excluding diaryl/α,β-unsaturated/α-hetero) is 2. The summed E-state index contributed by atoms with van der Waals surface area (Å²) in [6.07, 6.45) is 0.654. The van der Waals surface area contributed by atoms with Crippen molar-refractivity contribution in [3.63, 3.8) is 0 Å². The molecule has 1 heterocycles. The lowest BCUT2D eigenvalue weighted by atomic mass is 9.75. The fraction of sp³-hybridized carbons (Fsp3) is 0.786. The molecule has 4 nitrogen and oxygen atoms in total. The lowest BCUT2D eigenvalue weighted by Crippen LogP contribution is -2.42. The molecule has 1 aliphatic carbocycles. The van der Waals surface area contributed by atoms with E-state index in [-0.39, 0.29) is 24.0 Å². The van der Waals surface area contributed by atoms with E-state index in [1.54, 1.807) is 34.6 Å². The minimum absolute atomic E-state index is 0.0968. The summed E-state index contributed by atoms with van der Waals surface area (Å²) in [6, 6.07) is 0. The molecule has 1 saturated carbocycles. The number of rotatable bonds is 1. The molecule has 0 spiro atoms. The number of cyclic esters (lactones) is 1. The normalized spacial score (nSPS) is 38.1. The summed E-state index contributed by atoms with van der Waals surface area (Å²) in [4.78, 5) is 36.2. The van der Waals surface area contributed by atoms with Crippen LogP contribution in [0.2, 0.25) is 0 Å². The van der Waals surface area contributed by atoms with Gasteiger partial charge in [0.25, 0.3) is 0 Å². The van der Waals surface area contributed by atoms with Crippen LogP contribution in [0.15, 0.2) is 0 Å². The second-order valence-electron chi connectivity index (χ2n) is 7.09. The molecule has 1 aliphatic heterocycles. The third kappa shape index (κ3) is 1.70. The molecule has 0 N–H and O–H groups in total. The molecule has 0 aromatic rings. The van der Waals surface area contributed by atoms with E-state index in [0.29, 0.717) is 6.42 Å². The summed E-state index contributed by atoms with van der Waals surface area (Å²) in [5.41, 5.74) is -2.23. The molecule has 2 fully saturated rings. The van der Waals surface area contributed by atoms with Crippen LogP contribution in [0.25, 0.3) is 0 Å². The molecule has 0 amide bonds. The van der Waals surface area contributed by atoms with Crippen molar-refractivity contribution in [1.29, 1.82) is 0 Å². The highest BCUT2D eigenvalue weighted by molar-refractivity contribution is 6.13. The zero-order valence-electron chi connectivity index (χ0n) is 11.6. The van der Waals surface area contributed by atoms with Crippen molar-refractivity contribution in [2.75, 3.05) is 0 Å². The Kier molecular flexibility index (Phi) is 2.52. The number of ketones is 2. The number of hydrogen-bond donors (Lipinski definition) is 0. The van der Waals surface area contributed by atoms with Crippen LogP contribution in [0.4, 0.5) is 0 Å². The largest absolute Gasteiger partial charge is 0.458 e. The summed E-state index contributed by atoms with van der Waals surface area (Å²) < 4.78 is 5.40. The first-order valence-electron chi connectivity index (χ1n) is 6.30. The van der Waals surface area contributed by atoms with Gasteiger partial charge in [0.2, 0.25) is 0 Å². The Labute approximate surface area is 107 Å². The van der Waals surface area contributed by atoms with Crippen LogP contribution in [0.3, 0.4) is 0 Å². The van der Waals surface area contributed by atoms with Gasteiger partial charge in [-0.1, -0.05) is 13.8 Å². The molecular formula is C14H20O4. The van der Waals surface area contributed by atoms with Crippen molar-refractivity contribution >= 4 is 17.5 Å². The van der Waals surface area contributed by atoms with E-state index in [2.05, 4.69) is 0 Å². The van der Waals surface area contributed by atoms with E-state index in [9.17, 15) is 14.4 Å². The molecule has 100 valence electrons. The number of carbonyl (C=O) groups excluding carboxylic acids is 3. The van der Waals surface area contributed by atoms with E-state index >= 15 is 0 Å². The van der Waals surface area contributed by atoms with Crippen molar-refractivity contribution in [2.24, 2.45) is 16.7 Å². The molecule has 0 aromatic heterocycles.